The Morgan fingerprint density at radius 2 is 1.89 bits per heavy atom. The van der Waals surface area contributed by atoms with E-state index in [9.17, 15) is 0 Å². The maximum Gasteiger partial charge on any atom is 0.00499 e. The van der Waals surface area contributed by atoms with Crippen molar-refractivity contribution in [1.29, 1.82) is 0 Å². The van der Waals surface area contributed by atoms with Crippen LogP contribution < -0.4 is 0 Å². The van der Waals surface area contributed by atoms with Crippen LogP contribution in [0.15, 0.2) is 0 Å². The van der Waals surface area contributed by atoms with Gasteiger partial charge in [-0.15, -0.1) is 0 Å². The highest BCUT2D eigenvalue weighted by Crippen LogP contribution is 2.44. The Bertz CT molecular complexity index is 107. The van der Waals surface area contributed by atoms with Crippen LogP contribution in [-0.2, 0) is 0 Å². The standard InChI is InChI=1S/C8H16S/c1-6-7(2)9-5-8(6,3)4/h6-7H,5H2,1-4H3. The van der Waals surface area contributed by atoms with Gasteiger partial charge in [-0.1, -0.05) is 27.7 Å². The Labute approximate surface area is 62.4 Å². The first-order valence-corrected chi connectivity index (χ1v) is 4.70. The van der Waals surface area contributed by atoms with Gasteiger partial charge in [0, 0.05) is 5.25 Å². The van der Waals surface area contributed by atoms with Crippen LogP contribution in [0.2, 0.25) is 0 Å². The molecule has 1 aliphatic rings. The Morgan fingerprint density at radius 3 is 2.00 bits per heavy atom. The first-order valence-electron chi connectivity index (χ1n) is 3.65. The van der Waals surface area contributed by atoms with Crippen LogP contribution >= 0.6 is 11.8 Å². The van der Waals surface area contributed by atoms with Crippen LogP contribution in [0.5, 0.6) is 0 Å². The van der Waals surface area contributed by atoms with Gasteiger partial charge in [0.15, 0.2) is 0 Å². The molecule has 1 rings (SSSR count). The zero-order chi connectivity index (χ0) is 7.07. The van der Waals surface area contributed by atoms with Gasteiger partial charge in [0.25, 0.3) is 0 Å². The predicted molar refractivity (Wildman–Crippen MR) is 44.9 cm³/mol. The lowest BCUT2D eigenvalue weighted by Gasteiger charge is -2.23. The number of hydrogen-bond donors (Lipinski definition) is 0. The van der Waals surface area contributed by atoms with E-state index in [0.717, 1.165) is 11.2 Å². The van der Waals surface area contributed by atoms with Crippen LogP contribution in [0.1, 0.15) is 27.7 Å². The van der Waals surface area contributed by atoms with Gasteiger partial charge in [-0.05, 0) is 17.1 Å². The van der Waals surface area contributed by atoms with E-state index in [1.54, 1.807) is 0 Å². The van der Waals surface area contributed by atoms with E-state index in [-0.39, 0.29) is 0 Å². The summed E-state index contributed by atoms with van der Waals surface area (Å²) in [5, 5.41) is 0.875. The maximum absolute atomic E-state index is 2.37. The molecule has 0 radical (unpaired) electrons. The van der Waals surface area contributed by atoms with Gasteiger partial charge in [0.2, 0.25) is 0 Å². The van der Waals surface area contributed by atoms with Crippen molar-refractivity contribution in [2.24, 2.45) is 11.3 Å². The molecule has 1 saturated heterocycles. The van der Waals surface area contributed by atoms with Crippen LogP contribution in [0.4, 0.5) is 0 Å². The van der Waals surface area contributed by atoms with E-state index in [0.29, 0.717) is 5.41 Å². The van der Waals surface area contributed by atoms with Gasteiger partial charge in [-0.3, -0.25) is 0 Å². The molecular weight excluding hydrogens is 128 g/mol. The third-order valence-electron chi connectivity index (χ3n) is 2.66. The van der Waals surface area contributed by atoms with Gasteiger partial charge in [-0.2, -0.15) is 11.8 Å². The fourth-order valence-electron chi connectivity index (χ4n) is 1.26. The third kappa shape index (κ3) is 1.26. The lowest BCUT2D eigenvalue weighted by Crippen LogP contribution is -2.21. The summed E-state index contributed by atoms with van der Waals surface area (Å²) in [6, 6.07) is 0. The summed E-state index contributed by atoms with van der Waals surface area (Å²) in [7, 11) is 0. The molecule has 0 aromatic heterocycles. The molecule has 0 aromatic carbocycles. The zero-order valence-electron chi connectivity index (χ0n) is 6.77. The summed E-state index contributed by atoms with van der Waals surface area (Å²) >= 11 is 2.11. The molecule has 0 bridgehead atoms. The highest BCUT2D eigenvalue weighted by molar-refractivity contribution is 8.00. The molecule has 1 fully saturated rings. The fraction of sp³-hybridized carbons (Fsp3) is 1.00. The van der Waals surface area contributed by atoms with Crippen molar-refractivity contribution in [3.8, 4) is 0 Å². The minimum atomic E-state index is 0.587. The first kappa shape index (κ1) is 7.46. The van der Waals surface area contributed by atoms with Gasteiger partial charge in [0.05, 0.1) is 0 Å². The monoisotopic (exact) mass is 144 g/mol. The Hall–Kier alpha value is 0.350. The topological polar surface area (TPSA) is 0 Å². The van der Waals surface area contributed by atoms with Crippen LogP contribution in [0.25, 0.3) is 0 Å². The van der Waals surface area contributed by atoms with Crippen molar-refractivity contribution in [1.82, 2.24) is 0 Å². The zero-order valence-corrected chi connectivity index (χ0v) is 7.59. The number of hydrogen-bond acceptors (Lipinski definition) is 1. The van der Waals surface area contributed by atoms with Gasteiger partial charge >= 0.3 is 0 Å². The van der Waals surface area contributed by atoms with E-state index in [2.05, 4.69) is 39.5 Å². The SMILES string of the molecule is CC1SCC(C)(C)C1C. The smallest absolute Gasteiger partial charge is 0.00499 e. The number of thioether (sulfide) groups is 1. The molecule has 9 heavy (non-hydrogen) atoms. The third-order valence-corrected chi connectivity index (χ3v) is 4.50. The second-order valence-electron chi connectivity index (χ2n) is 3.79. The average molecular weight is 144 g/mol. The van der Waals surface area contributed by atoms with Crippen molar-refractivity contribution in [2.45, 2.75) is 32.9 Å². The molecule has 0 N–H and O–H groups in total. The summed E-state index contributed by atoms with van der Waals surface area (Å²) in [4.78, 5) is 0. The second kappa shape index (κ2) is 2.19. The molecule has 2 unspecified atom stereocenters. The lowest BCUT2D eigenvalue weighted by molar-refractivity contribution is 0.288. The molecule has 0 nitrogen and oxygen atoms in total. The van der Waals surface area contributed by atoms with Gasteiger partial charge in [0.1, 0.15) is 0 Å². The molecule has 0 aliphatic carbocycles. The molecule has 2 atom stereocenters. The molecular formula is C8H16S. The van der Waals surface area contributed by atoms with Crippen LogP contribution in [0.3, 0.4) is 0 Å². The first-order chi connectivity index (χ1) is 4.04. The molecule has 1 heterocycles. The Kier molecular flexibility index (Phi) is 1.81. The minimum Gasteiger partial charge on any atom is -0.158 e. The summed E-state index contributed by atoms with van der Waals surface area (Å²) in [5.41, 5.74) is 0.587. The Balaban J connectivity index is 2.62. The summed E-state index contributed by atoms with van der Waals surface area (Å²) < 4.78 is 0. The fourth-order valence-corrected chi connectivity index (χ4v) is 2.87. The maximum atomic E-state index is 2.37. The van der Waals surface area contributed by atoms with Gasteiger partial charge < -0.3 is 0 Å². The van der Waals surface area contributed by atoms with E-state index < -0.39 is 0 Å². The van der Waals surface area contributed by atoms with E-state index >= 15 is 0 Å². The molecule has 0 aromatic rings. The van der Waals surface area contributed by atoms with Crippen molar-refractivity contribution < 1.29 is 0 Å². The second-order valence-corrected chi connectivity index (χ2v) is 5.16. The molecule has 54 valence electrons. The summed E-state index contributed by atoms with van der Waals surface area (Å²) in [5.74, 6) is 2.23. The van der Waals surface area contributed by atoms with Crippen molar-refractivity contribution >= 4 is 11.8 Å². The minimum absolute atomic E-state index is 0.587. The largest absolute Gasteiger partial charge is 0.158 e. The Morgan fingerprint density at radius 1 is 1.33 bits per heavy atom. The molecule has 0 saturated carbocycles. The van der Waals surface area contributed by atoms with E-state index in [1.165, 1.54) is 5.75 Å². The lowest BCUT2D eigenvalue weighted by atomic mass is 9.81. The molecule has 1 aliphatic heterocycles. The molecule has 1 heteroatoms. The van der Waals surface area contributed by atoms with Crippen molar-refractivity contribution in [2.75, 3.05) is 5.75 Å². The highest BCUT2D eigenvalue weighted by Gasteiger charge is 2.36. The predicted octanol–water partition coefficient (Wildman–Crippen LogP) is 2.78. The highest BCUT2D eigenvalue weighted by atomic mass is 32.2. The van der Waals surface area contributed by atoms with E-state index in [1.807, 2.05) is 0 Å². The van der Waals surface area contributed by atoms with E-state index in [4.69, 9.17) is 0 Å². The molecule has 0 spiro atoms. The number of rotatable bonds is 0. The van der Waals surface area contributed by atoms with Crippen LogP contribution in [-0.4, -0.2) is 11.0 Å². The summed E-state index contributed by atoms with van der Waals surface area (Å²) in [6.45, 7) is 9.44. The van der Waals surface area contributed by atoms with Crippen LogP contribution in [0, 0.1) is 11.3 Å². The normalized spacial score (nSPS) is 41.3. The van der Waals surface area contributed by atoms with Gasteiger partial charge in [-0.25, -0.2) is 0 Å². The van der Waals surface area contributed by atoms with Crippen molar-refractivity contribution in [3.63, 3.8) is 0 Å². The average Bonchev–Trinajstić information content (AvgIpc) is 1.97. The quantitative estimate of drug-likeness (QED) is 0.504. The summed E-state index contributed by atoms with van der Waals surface area (Å²) in [6.07, 6.45) is 0. The van der Waals surface area contributed by atoms with Crippen molar-refractivity contribution in [3.05, 3.63) is 0 Å². The molecule has 0 amide bonds.